The molecule has 1 amide bonds. The highest BCUT2D eigenvalue weighted by Gasteiger charge is 2.29. The van der Waals surface area contributed by atoms with E-state index in [1.807, 2.05) is 0 Å². The second-order valence-corrected chi connectivity index (χ2v) is 6.83. The third-order valence-corrected chi connectivity index (χ3v) is 4.58. The molecule has 0 aliphatic rings. The van der Waals surface area contributed by atoms with Crippen molar-refractivity contribution >= 4 is 17.6 Å². The van der Waals surface area contributed by atoms with Gasteiger partial charge in [0.05, 0.1) is 19.6 Å². The van der Waals surface area contributed by atoms with Crippen molar-refractivity contribution in [2.75, 3.05) is 19.5 Å². The quantitative estimate of drug-likeness (QED) is 0.672. The van der Waals surface area contributed by atoms with Gasteiger partial charge in [-0.1, -0.05) is 18.2 Å². The van der Waals surface area contributed by atoms with Crippen LogP contribution in [0.5, 0.6) is 11.5 Å². The van der Waals surface area contributed by atoms with Crippen LogP contribution in [0, 0.1) is 0 Å². The number of hydrogen-bond acceptors (Lipinski definition) is 4. The second-order valence-electron chi connectivity index (χ2n) is 6.83. The summed E-state index contributed by atoms with van der Waals surface area (Å²) in [5.74, 6) is -0.189. The summed E-state index contributed by atoms with van der Waals surface area (Å²) in [5, 5.41) is 12.1. The predicted octanol–water partition coefficient (Wildman–Crippen LogP) is 4.05. The summed E-state index contributed by atoms with van der Waals surface area (Å²) in [7, 11) is 3.06. The number of amides is 1. The Kier molecular flexibility index (Phi) is 6.46. The van der Waals surface area contributed by atoms with Crippen LogP contribution in [0.2, 0.25) is 0 Å². The fourth-order valence-electron chi connectivity index (χ4n) is 2.78. The average Bonchev–Trinajstić information content (AvgIpc) is 2.67. The Bertz CT molecular complexity index is 885. The Hall–Kier alpha value is -3.28. The summed E-state index contributed by atoms with van der Waals surface area (Å²) >= 11 is 0. The van der Waals surface area contributed by atoms with E-state index in [9.17, 15) is 14.7 Å². The molecule has 0 spiro atoms. The maximum absolute atomic E-state index is 12.7. The molecule has 2 aromatic carbocycles. The van der Waals surface area contributed by atoms with Crippen molar-refractivity contribution in [3.8, 4) is 11.5 Å². The minimum Gasteiger partial charge on any atom is -0.493 e. The summed E-state index contributed by atoms with van der Waals surface area (Å²) in [6.07, 6.45) is 2.25. The lowest BCUT2D eigenvalue weighted by Gasteiger charge is -2.20. The van der Waals surface area contributed by atoms with Gasteiger partial charge in [-0.25, -0.2) is 0 Å². The Morgan fingerprint density at radius 3 is 2.29 bits per heavy atom. The van der Waals surface area contributed by atoms with Crippen LogP contribution in [0.1, 0.15) is 35.3 Å². The minimum atomic E-state index is -1.01. The molecule has 0 fully saturated rings. The molecule has 6 heteroatoms. The number of aliphatic carboxylic acids is 1. The molecule has 0 atom stereocenters. The first kappa shape index (κ1) is 21.0. The van der Waals surface area contributed by atoms with E-state index in [-0.39, 0.29) is 5.91 Å². The van der Waals surface area contributed by atoms with Crippen molar-refractivity contribution in [1.82, 2.24) is 0 Å². The molecule has 148 valence electrons. The van der Waals surface area contributed by atoms with E-state index in [1.54, 1.807) is 63.4 Å². The first-order valence-electron chi connectivity index (χ1n) is 8.75. The molecule has 0 saturated carbocycles. The van der Waals surface area contributed by atoms with Crippen molar-refractivity contribution in [1.29, 1.82) is 0 Å². The number of methoxy groups -OCH3 is 2. The fraction of sp³-hybridized carbons (Fsp3) is 0.273. The van der Waals surface area contributed by atoms with Gasteiger partial charge in [0.15, 0.2) is 11.5 Å². The number of ether oxygens (including phenoxy) is 2. The Morgan fingerprint density at radius 1 is 1.14 bits per heavy atom. The normalized spacial score (nSPS) is 10.9. The zero-order chi connectivity index (χ0) is 20.9. The number of nitrogens with one attached hydrogen (secondary N) is 1. The van der Waals surface area contributed by atoms with Crippen LogP contribution in [0.3, 0.4) is 0 Å². The van der Waals surface area contributed by atoms with E-state index >= 15 is 0 Å². The van der Waals surface area contributed by atoms with E-state index < -0.39 is 11.4 Å². The molecule has 0 aromatic heterocycles. The van der Waals surface area contributed by atoms with Crippen molar-refractivity contribution in [2.24, 2.45) is 0 Å². The molecule has 0 aliphatic heterocycles. The molecule has 0 unspecified atom stereocenters. The zero-order valence-corrected chi connectivity index (χ0v) is 16.5. The SMILES string of the molecule is C=CCc1cc(C(=O)Nc2ccc(C(C)(C)C(=O)O)cc2)cc(OC)c1OC. The Labute approximate surface area is 164 Å². The van der Waals surface area contributed by atoms with Gasteiger partial charge < -0.3 is 19.9 Å². The molecule has 0 bridgehead atoms. The van der Waals surface area contributed by atoms with Crippen LogP contribution in [0.25, 0.3) is 0 Å². The highest BCUT2D eigenvalue weighted by molar-refractivity contribution is 6.05. The van der Waals surface area contributed by atoms with Gasteiger partial charge in [0.2, 0.25) is 0 Å². The molecule has 0 aliphatic carbocycles. The maximum atomic E-state index is 12.7. The van der Waals surface area contributed by atoms with Crippen molar-refractivity contribution < 1.29 is 24.2 Å². The third kappa shape index (κ3) is 4.34. The maximum Gasteiger partial charge on any atom is 0.313 e. The van der Waals surface area contributed by atoms with Crippen molar-refractivity contribution in [2.45, 2.75) is 25.7 Å². The van der Waals surface area contributed by atoms with Gasteiger partial charge in [-0.15, -0.1) is 6.58 Å². The summed E-state index contributed by atoms with van der Waals surface area (Å²) in [6, 6.07) is 10.1. The number of carbonyl (C=O) groups is 2. The van der Waals surface area contributed by atoms with Crippen LogP contribution < -0.4 is 14.8 Å². The number of rotatable bonds is 8. The van der Waals surface area contributed by atoms with Gasteiger partial charge in [0, 0.05) is 16.8 Å². The van der Waals surface area contributed by atoms with Gasteiger partial charge in [-0.3, -0.25) is 9.59 Å². The van der Waals surface area contributed by atoms with E-state index in [0.29, 0.717) is 34.7 Å². The third-order valence-electron chi connectivity index (χ3n) is 4.58. The van der Waals surface area contributed by atoms with Gasteiger partial charge in [-0.2, -0.15) is 0 Å². The molecule has 0 saturated heterocycles. The van der Waals surface area contributed by atoms with Gasteiger partial charge >= 0.3 is 5.97 Å². The molecular formula is C22H25NO5. The predicted molar refractivity (Wildman–Crippen MR) is 109 cm³/mol. The molecule has 0 heterocycles. The Morgan fingerprint density at radius 2 is 1.79 bits per heavy atom. The Balaban J connectivity index is 2.28. The molecule has 2 aromatic rings. The summed E-state index contributed by atoms with van der Waals surface area (Å²) in [5.41, 5.74) is 1.42. The van der Waals surface area contributed by atoms with Crippen molar-refractivity contribution in [3.63, 3.8) is 0 Å². The first-order chi connectivity index (χ1) is 13.2. The van der Waals surface area contributed by atoms with Crippen molar-refractivity contribution in [3.05, 3.63) is 65.7 Å². The van der Waals surface area contributed by atoms with E-state index in [1.165, 1.54) is 7.11 Å². The number of allylic oxidation sites excluding steroid dienone is 1. The lowest BCUT2D eigenvalue weighted by Crippen LogP contribution is -2.28. The molecule has 2 rings (SSSR count). The largest absolute Gasteiger partial charge is 0.493 e. The highest BCUT2D eigenvalue weighted by Crippen LogP contribution is 2.33. The summed E-state index contributed by atoms with van der Waals surface area (Å²) in [4.78, 5) is 24.1. The molecular weight excluding hydrogens is 358 g/mol. The summed E-state index contributed by atoms with van der Waals surface area (Å²) < 4.78 is 10.7. The summed E-state index contributed by atoms with van der Waals surface area (Å²) in [6.45, 7) is 7.00. The van der Waals surface area contributed by atoms with Crippen LogP contribution in [0.15, 0.2) is 49.1 Å². The van der Waals surface area contributed by atoms with Crippen LogP contribution in [-0.4, -0.2) is 31.2 Å². The number of carboxylic acid groups (broad SMARTS) is 1. The van der Waals surface area contributed by atoms with Crippen LogP contribution >= 0.6 is 0 Å². The van der Waals surface area contributed by atoms with E-state index in [0.717, 1.165) is 5.56 Å². The average molecular weight is 383 g/mol. The molecule has 0 radical (unpaired) electrons. The minimum absolute atomic E-state index is 0.309. The molecule has 6 nitrogen and oxygen atoms in total. The number of carbonyl (C=O) groups excluding carboxylic acids is 1. The first-order valence-corrected chi connectivity index (χ1v) is 8.75. The van der Waals surface area contributed by atoms with Gasteiger partial charge in [0.1, 0.15) is 0 Å². The number of anilines is 1. The number of carboxylic acids is 1. The lowest BCUT2D eigenvalue weighted by atomic mass is 9.85. The zero-order valence-electron chi connectivity index (χ0n) is 16.5. The number of hydrogen-bond donors (Lipinski definition) is 2. The lowest BCUT2D eigenvalue weighted by molar-refractivity contribution is -0.142. The monoisotopic (exact) mass is 383 g/mol. The fourth-order valence-corrected chi connectivity index (χ4v) is 2.78. The highest BCUT2D eigenvalue weighted by atomic mass is 16.5. The van der Waals surface area contributed by atoms with Crippen LogP contribution in [-0.2, 0) is 16.6 Å². The molecule has 28 heavy (non-hydrogen) atoms. The molecule has 2 N–H and O–H groups in total. The smallest absolute Gasteiger partial charge is 0.313 e. The van der Waals surface area contributed by atoms with Gasteiger partial charge in [0.25, 0.3) is 5.91 Å². The van der Waals surface area contributed by atoms with E-state index in [4.69, 9.17) is 9.47 Å². The number of benzene rings is 2. The second kappa shape index (κ2) is 8.61. The standard InChI is InChI=1S/C22H25NO5/c1-6-7-14-12-15(13-18(27-4)19(14)28-5)20(24)23-17-10-8-16(9-11-17)22(2,3)21(25)26/h6,8-13H,1,7H2,2-5H3,(H,23,24)(H,25,26). The topological polar surface area (TPSA) is 84.9 Å². The van der Waals surface area contributed by atoms with E-state index in [2.05, 4.69) is 11.9 Å². The van der Waals surface area contributed by atoms with Gasteiger partial charge in [-0.05, 0) is 50.1 Å². The van der Waals surface area contributed by atoms with Crippen LogP contribution in [0.4, 0.5) is 5.69 Å².